The van der Waals surface area contributed by atoms with Gasteiger partial charge >= 0.3 is 0 Å². The van der Waals surface area contributed by atoms with Gasteiger partial charge in [-0.3, -0.25) is 4.79 Å². The highest BCUT2D eigenvalue weighted by atomic mass is 35.5. The van der Waals surface area contributed by atoms with Crippen molar-refractivity contribution in [1.29, 1.82) is 0 Å². The first-order chi connectivity index (χ1) is 14.9. The zero-order chi connectivity index (χ0) is 22.0. The molecule has 0 saturated carbocycles. The van der Waals surface area contributed by atoms with E-state index in [0.29, 0.717) is 43.2 Å². The summed E-state index contributed by atoms with van der Waals surface area (Å²) in [6.45, 7) is 6.46. The van der Waals surface area contributed by atoms with E-state index in [-0.39, 0.29) is 11.7 Å². The summed E-state index contributed by atoms with van der Waals surface area (Å²) in [4.78, 5) is 26.2. The zero-order valence-corrected chi connectivity index (χ0v) is 18.4. The molecule has 1 aliphatic rings. The van der Waals surface area contributed by atoms with Crippen molar-refractivity contribution in [1.82, 2.24) is 14.9 Å². The molecule has 0 unspecified atom stereocenters. The van der Waals surface area contributed by atoms with E-state index in [4.69, 9.17) is 16.6 Å². The van der Waals surface area contributed by atoms with Gasteiger partial charge in [-0.15, -0.1) is 0 Å². The average Bonchev–Trinajstić information content (AvgIpc) is 2.77. The second kappa shape index (κ2) is 9.02. The fraction of sp³-hybridized carbons (Fsp3) is 0.292. The van der Waals surface area contributed by atoms with Crippen molar-refractivity contribution in [2.75, 3.05) is 31.1 Å². The summed E-state index contributed by atoms with van der Waals surface area (Å²) in [5.41, 5.74) is 3.61. The van der Waals surface area contributed by atoms with Crippen molar-refractivity contribution in [2.24, 2.45) is 0 Å². The summed E-state index contributed by atoms with van der Waals surface area (Å²) in [7, 11) is 0. The molecule has 0 spiro atoms. The highest BCUT2D eigenvalue weighted by Crippen LogP contribution is 2.25. The first-order valence-corrected chi connectivity index (χ1v) is 10.7. The molecule has 31 heavy (non-hydrogen) atoms. The highest BCUT2D eigenvalue weighted by molar-refractivity contribution is 6.30. The third-order valence-corrected chi connectivity index (χ3v) is 5.81. The number of piperazine rings is 1. The van der Waals surface area contributed by atoms with E-state index in [9.17, 15) is 9.18 Å². The summed E-state index contributed by atoms with van der Waals surface area (Å²) < 4.78 is 13.3. The van der Waals surface area contributed by atoms with Crippen molar-refractivity contribution in [2.45, 2.75) is 20.3 Å². The Morgan fingerprint density at radius 2 is 1.61 bits per heavy atom. The molecule has 1 saturated heterocycles. The Labute approximate surface area is 186 Å². The van der Waals surface area contributed by atoms with Crippen LogP contribution in [0.25, 0.3) is 0 Å². The number of carbonyl (C=O) groups excluding carboxylic acids is 1. The van der Waals surface area contributed by atoms with Gasteiger partial charge in [-0.2, -0.15) is 0 Å². The molecule has 0 aliphatic carbocycles. The van der Waals surface area contributed by atoms with E-state index in [2.05, 4.69) is 9.88 Å². The maximum absolute atomic E-state index is 13.3. The van der Waals surface area contributed by atoms with Gasteiger partial charge in [0.05, 0.1) is 0 Å². The van der Waals surface area contributed by atoms with Crippen molar-refractivity contribution >= 4 is 23.3 Å². The quantitative estimate of drug-likeness (QED) is 0.604. The Bertz CT molecular complexity index is 1080. The van der Waals surface area contributed by atoms with E-state index in [1.54, 1.807) is 36.4 Å². The molecule has 0 N–H and O–H groups in total. The van der Waals surface area contributed by atoms with Gasteiger partial charge in [0.2, 0.25) is 0 Å². The first kappa shape index (κ1) is 21.2. The molecule has 2 aromatic carbocycles. The fourth-order valence-corrected chi connectivity index (χ4v) is 4.02. The minimum absolute atomic E-state index is 0.0119. The monoisotopic (exact) mass is 438 g/mol. The largest absolute Gasteiger partial charge is 0.353 e. The molecule has 1 amide bonds. The number of hydrogen-bond donors (Lipinski definition) is 0. The lowest BCUT2D eigenvalue weighted by molar-refractivity contribution is 0.0746. The molecule has 1 aromatic heterocycles. The van der Waals surface area contributed by atoms with Crippen LogP contribution in [-0.2, 0) is 6.42 Å². The SMILES string of the molecule is Cc1nc(C)c(Cc2ccc(F)cc2)c(N2CCN(C(=O)c3ccc(Cl)cc3)CC2)n1. The van der Waals surface area contributed by atoms with E-state index in [1.165, 1.54) is 12.1 Å². The summed E-state index contributed by atoms with van der Waals surface area (Å²) in [6, 6.07) is 13.5. The van der Waals surface area contributed by atoms with Gasteiger partial charge in [0, 0.05) is 54.4 Å². The second-order valence-corrected chi connectivity index (χ2v) is 8.18. The lowest BCUT2D eigenvalue weighted by Crippen LogP contribution is -2.49. The fourth-order valence-electron chi connectivity index (χ4n) is 3.89. The lowest BCUT2D eigenvalue weighted by Gasteiger charge is -2.36. The number of amides is 1. The molecule has 4 rings (SSSR count). The van der Waals surface area contributed by atoms with Gasteiger partial charge in [-0.25, -0.2) is 14.4 Å². The number of rotatable bonds is 4. The maximum atomic E-state index is 13.3. The van der Waals surface area contributed by atoms with Crippen molar-refractivity contribution < 1.29 is 9.18 Å². The summed E-state index contributed by atoms with van der Waals surface area (Å²) >= 11 is 5.93. The number of aryl methyl sites for hydroxylation is 2. The van der Waals surface area contributed by atoms with Crippen LogP contribution >= 0.6 is 11.6 Å². The Hall–Kier alpha value is -2.99. The molecule has 1 aliphatic heterocycles. The Morgan fingerprint density at radius 1 is 0.968 bits per heavy atom. The normalized spacial score (nSPS) is 14.1. The second-order valence-electron chi connectivity index (χ2n) is 7.75. The first-order valence-electron chi connectivity index (χ1n) is 10.3. The maximum Gasteiger partial charge on any atom is 0.253 e. The summed E-state index contributed by atoms with van der Waals surface area (Å²) in [6.07, 6.45) is 0.631. The van der Waals surface area contributed by atoms with E-state index >= 15 is 0 Å². The van der Waals surface area contributed by atoms with Crippen molar-refractivity contribution in [3.8, 4) is 0 Å². The number of benzene rings is 2. The molecule has 0 bridgehead atoms. The Morgan fingerprint density at radius 3 is 2.26 bits per heavy atom. The number of hydrogen-bond acceptors (Lipinski definition) is 4. The number of carbonyl (C=O) groups is 1. The Balaban J connectivity index is 1.51. The van der Waals surface area contributed by atoms with Gasteiger partial charge in [-0.05, 0) is 55.8 Å². The molecule has 1 fully saturated rings. The van der Waals surface area contributed by atoms with Gasteiger partial charge in [-0.1, -0.05) is 23.7 Å². The summed E-state index contributed by atoms with van der Waals surface area (Å²) in [5, 5.41) is 0.615. The van der Waals surface area contributed by atoms with E-state index in [1.807, 2.05) is 18.7 Å². The molecule has 7 heteroatoms. The minimum Gasteiger partial charge on any atom is -0.353 e. The van der Waals surface area contributed by atoms with Crippen LogP contribution < -0.4 is 4.90 Å². The molecular weight excluding hydrogens is 415 g/mol. The van der Waals surface area contributed by atoms with Gasteiger partial charge < -0.3 is 9.80 Å². The van der Waals surface area contributed by atoms with Crippen LogP contribution in [0.1, 0.15) is 33.0 Å². The minimum atomic E-state index is -0.248. The number of nitrogens with zero attached hydrogens (tertiary/aromatic N) is 4. The molecule has 2 heterocycles. The van der Waals surface area contributed by atoms with E-state index < -0.39 is 0 Å². The standard InChI is InChI=1S/C24H24ClFN4O/c1-16-22(15-18-3-9-21(26)10-4-18)23(28-17(2)27-16)29-11-13-30(14-12-29)24(31)19-5-7-20(25)8-6-19/h3-10H,11-15H2,1-2H3. The third-order valence-electron chi connectivity index (χ3n) is 5.56. The molecular formula is C24H24ClFN4O. The van der Waals surface area contributed by atoms with Gasteiger partial charge in [0.1, 0.15) is 17.5 Å². The molecule has 5 nitrogen and oxygen atoms in total. The van der Waals surface area contributed by atoms with Crippen LogP contribution in [0.4, 0.5) is 10.2 Å². The molecule has 0 radical (unpaired) electrons. The van der Waals surface area contributed by atoms with Crippen molar-refractivity contribution in [3.05, 3.63) is 87.6 Å². The van der Waals surface area contributed by atoms with Crippen LogP contribution in [0.15, 0.2) is 48.5 Å². The van der Waals surface area contributed by atoms with Crippen LogP contribution in [-0.4, -0.2) is 47.0 Å². The Kier molecular flexibility index (Phi) is 6.18. The molecule has 3 aromatic rings. The predicted molar refractivity (Wildman–Crippen MR) is 120 cm³/mol. The number of anilines is 1. The van der Waals surface area contributed by atoms with Crippen LogP contribution in [0.5, 0.6) is 0 Å². The van der Waals surface area contributed by atoms with Crippen molar-refractivity contribution in [3.63, 3.8) is 0 Å². The van der Waals surface area contributed by atoms with E-state index in [0.717, 1.165) is 28.5 Å². The third kappa shape index (κ3) is 4.85. The molecule has 160 valence electrons. The summed E-state index contributed by atoms with van der Waals surface area (Å²) in [5.74, 6) is 1.38. The zero-order valence-electron chi connectivity index (χ0n) is 17.6. The van der Waals surface area contributed by atoms with Crippen LogP contribution in [0.3, 0.4) is 0 Å². The molecule has 0 atom stereocenters. The number of aromatic nitrogens is 2. The average molecular weight is 439 g/mol. The highest BCUT2D eigenvalue weighted by Gasteiger charge is 2.25. The lowest BCUT2D eigenvalue weighted by atomic mass is 10.0. The van der Waals surface area contributed by atoms with Crippen LogP contribution in [0.2, 0.25) is 5.02 Å². The number of halogens is 2. The smallest absolute Gasteiger partial charge is 0.253 e. The van der Waals surface area contributed by atoms with Gasteiger partial charge in [0.25, 0.3) is 5.91 Å². The van der Waals surface area contributed by atoms with Gasteiger partial charge in [0.15, 0.2) is 0 Å². The topological polar surface area (TPSA) is 49.3 Å². The van der Waals surface area contributed by atoms with Crippen LogP contribution in [0, 0.1) is 19.7 Å². The predicted octanol–water partition coefficient (Wildman–Crippen LogP) is 4.44.